The molecule has 0 saturated carbocycles. The zero-order chi connectivity index (χ0) is 19.6. The SMILES string of the molecule is CC(C)Cn1c(=O)n(C)c(=O)c2c1ncn2CCNCc1ccccc1O. The van der Waals surface area contributed by atoms with E-state index < -0.39 is 0 Å². The van der Waals surface area contributed by atoms with Crippen molar-refractivity contribution in [3.8, 4) is 5.75 Å². The predicted octanol–water partition coefficient (Wildman–Crippen LogP) is 1.05. The van der Waals surface area contributed by atoms with Crippen molar-refractivity contribution in [2.45, 2.75) is 33.5 Å². The molecular formula is C19H25N5O3. The minimum absolute atomic E-state index is 0.254. The van der Waals surface area contributed by atoms with E-state index >= 15 is 0 Å². The zero-order valence-electron chi connectivity index (χ0n) is 15.8. The van der Waals surface area contributed by atoms with Crippen LogP contribution in [0.15, 0.2) is 40.2 Å². The molecule has 0 saturated heterocycles. The summed E-state index contributed by atoms with van der Waals surface area (Å²) in [7, 11) is 1.49. The van der Waals surface area contributed by atoms with Gasteiger partial charge in [-0.1, -0.05) is 32.0 Å². The highest BCUT2D eigenvalue weighted by Gasteiger charge is 2.16. The van der Waals surface area contributed by atoms with Crippen LogP contribution in [0.25, 0.3) is 11.2 Å². The number of fused-ring (bicyclic) bond motifs is 1. The molecule has 27 heavy (non-hydrogen) atoms. The summed E-state index contributed by atoms with van der Waals surface area (Å²) in [6.45, 7) is 6.18. The summed E-state index contributed by atoms with van der Waals surface area (Å²) in [6.07, 6.45) is 1.60. The summed E-state index contributed by atoms with van der Waals surface area (Å²) in [5, 5.41) is 13.1. The molecule has 2 N–H and O–H groups in total. The molecule has 8 nitrogen and oxygen atoms in total. The fraction of sp³-hybridized carbons (Fsp3) is 0.421. The molecule has 0 spiro atoms. The van der Waals surface area contributed by atoms with Gasteiger partial charge < -0.3 is 15.0 Å². The molecule has 0 radical (unpaired) electrons. The van der Waals surface area contributed by atoms with Crippen molar-refractivity contribution in [3.05, 3.63) is 57.0 Å². The number of imidazole rings is 1. The van der Waals surface area contributed by atoms with Crippen LogP contribution in [0.3, 0.4) is 0 Å². The molecule has 3 aromatic rings. The number of hydrogen-bond acceptors (Lipinski definition) is 5. The topological polar surface area (TPSA) is 94.1 Å². The Morgan fingerprint density at radius 2 is 1.96 bits per heavy atom. The molecule has 0 fully saturated rings. The Morgan fingerprint density at radius 1 is 1.22 bits per heavy atom. The molecule has 2 heterocycles. The van der Waals surface area contributed by atoms with Crippen molar-refractivity contribution in [1.82, 2.24) is 24.0 Å². The summed E-state index contributed by atoms with van der Waals surface area (Å²) >= 11 is 0. The normalized spacial score (nSPS) is 11.6. The van der Waals surface area contributed by atoms with Crippen LogP contribution < -0.4 is 16.6 Å². The lowest BCUT2D eigenvalue weighted by atomic mass is 10.2. The van der Waals surface area contributed by atoms with Gasteiger partial charge in [0.2, 0.25) is 0 Å². The van der Waals surface area contributed by atoms with E-state index in [0.717, 1.165) is 10.1 Å². The monoisotopic (exact) mass is 371 g/mol. The van der Waals surface area contributed by atoms with Crippen molar-refractivity contribution in [3.63, 3.8) is 0 Å². The number of para-hydroxylation sites is 1. The van der Waals surface area contributed by atoms with Crippen molar-refractivity contribution in [1.29, 1.82) is 0 Å². The number of hydrogen-bond donors (Lipinski definition) is 2. The smallest absolute Gasteiger partial charge is 0.332 e. The molecule has 0 aliphatic carbocycles. The minimum Gasteiger partial charge on any atom is -0.508 e. The lowest BCUT2D eigenvalue weighted by molar-refractivity contribution is 0.463. The van der Waals surface area contributed by atoms with E-state index in [4.69, 9.17) is 0 Å². The second-order valence-electron chi connectivity index (χ2n) is 7.07. The Labute approximate surface area is 156 Å². The quantitative estimate of drug-likeness (QED) is 0.606. The third-order valence-corrected chi connectivity index (χ3v) is 4.48. The van der Waals surface area contributed by atoms with Crippen LogP contribution in [0.2, 0.25) is 0 Å². The van der Waals surface area contributed by atoms with E-state index in [1.54, 1.807) is 27.6 Å². The van der Waals surface area contributed by atoms with Crippen molar-refractivity contribution in [2.24, 2.45) is 13.0 Å². The third kappa shape index (κ3) is 3.80. The molecule has 0 atom stereocenters. The fourth-order valence-corrected chi connectivity index (χ4v) is 3.09. The zero-order valence-corrected chi connectivity index (χ0v) is 15.8. The van der Waals surface area contributed by atoms with Gasteiger partial charge in [-0.3, -0.25) is 13.9 Å². The maximum absolute atomic E-state index is 12.6. The maximum atomic E-state index is 12.6. The number of aromatic nitrogens is 4. The first-order chi connectivity index (χ1) is 12.9. The molecule has 0 aliphatic heterocycles. The van der Waals surface area contributed by atoms with Gasteiger partial charge in [-0.15, -0.1) is 0 Å². The average Bonchev–Trinajstić information content (AvgIpc) is 3.05. The van der Waals surface area contributed by atoms with E-state index in [-0.39, 0.29) is 22.9 Å². The second-order valence-corrected chi connectivity index (χ2v) is 7.07. The van der Waals surface area contributed by atoms with Gasteiger partial charge in [0.1, 0.15) is 5.75 Å². The van der Waals surface area contributed by atoms with E-state index in [9.17, 15) is 14.7 Å². The molecule has 0 unspecified atom stereocenters. The van der Waals surface area contributed by atoms with E-state index in [1.165, 1.54) is 7.05 Å². The molecule has 1 aromatic carbocycles. The van der Waals surface area contributed by atoms with Gasteiger partial charge in [0.15, 0.2) is 11.2 Å². The lowest BCUT2D eigenvalue weighted by Gasteiger charge is -2.12. The van der Waals surface area contributed by atoms with Crippen LogP contribution in [0.4, 0.5) is 0 Å². The molecule has 0 bridgehead atoms. The third-order valence-electron chi connectivity index (χ3n) is 4.48. The summed E-state index contributed by atoms with van der Waals surface area (Å²) < 4.78 is 4.47. The standard InChI is InChI=1S/C19H25N5O3/c1-13(2)11-24-17-16(18(26)22(3)19(24)27)23(12-21-17)9-8-20-10-14-6-4-5-7-15(14)25/h4-7,12-13,20,25H,8-11H2,1-3H3. The number of phenols is 1. The van der Waals surface area contributed by atoms with Crippen LogP contribution in [0.5, 0.6) is 5.75 Å². The highest BCUT2D eigenvalue weighted by Crippen LogP contribution is 2.14. The largest absolute Gasteiger partial charge is 0.508 e. The molecule has 0 amide bonds. The first-order valence-corrected chi connectivity index (χ1v) is 9.02. The summed E-state index contributed by atoms with van der Waals surface area (Å²) in [5.41, 5.74) is 0.992. The van der Waals surface area contributed by atoms with Gasteiger partial charge in [0.25, 0.3) is 5.56 Å². The van der Waals surface area contributed by atoms with Crippen LogP contribution in [0, 0.1) is 5.92 Å². The number of nitrogens with zero attached hydrogens (tertiary/aromatic N) is 4. The molecule has 2 aromatic heterocycles. The van der Waals surface area contributed by atoms with Gasteiger partial charge in [-0.05, 0) is 12.0 Å². The van der Waals surface area contributed by atoms with Gasteiger partial charge in [0, 0.05) is 38.8 Å². The minimum atomic E-state index is -0.343. The average molecular weight is 371 g/mol. The first kappa shape index (κ1) is 18.9. The maximum Gasteiger partial charge on any atom is 0.332 e. The molecule has 0 aliphatic rings. The number of nitrogens with one attached hydrogen (secondary N) is 1. The van der Waals surface area contributed by atoms with Crippen molar-refractivity contribution >= 4 is 11.2 Å². The van der Waals surface area contributed by atoms with Crippen LogP contribution >= 0.6 is 0 Å². The second kappa shape index (κ2) is 7.79. The van der Waals surface area contributed by atoms with Crippen LogP contribution in [-0.2, 0) is 26.7 Å². The Hall–Kier alpha value is -2.87. The Bertz CT molecular complexity index is 1060. The summed E-state index contributed by atoms with van der Waals surface area (Å²) in [5.74, 6) is 0.512. The summed E-state index contributed by atoms with van der Waals surface area (Å²) in [6, 6.07) is 7.16. The summed E-state index contributed by atoms with van der Waals surface area (Å²) in [4.78, 5) is 29.4. The van der Waals surface area contributed by atoms with Gasteiger partial charge in [-0.25, -0.2) is 9.78 Å². The van der Waals surface area contributed by atoms with Gasteiger partial charge >= 0.3 is 5.69 Å². The molecule has 3 rings (SSSR count). The Balaban J connectivity index is 1.81. The highest BCUT2D eigenvalue weighted by atomic mass is 16.3. The van der Waals surface area contributed by atoms with Crippen molar-refractivity contribution < 1.29 is 5.11 Å². The van der Waals surface area contributed by atoms with Crippen molar-refractivity contribution in [2.75, 3.05) is 6.54 Å². The molecular weight excluding hydrogens is 346 g/mol. The lowest BCUT2D eigenvalue weighted by Crippen LogP contribution is -2.39. The van der Waals surface area contributed by atoms with Gasteiger partial charge in [0.05, 0.1) is 6.33 Å². The molecule has 8 heteroatoms. The number of aromatic hydroxyl groups is 1. The Morgan fingerprint density at radius 3 is 2.67 bits per heavy atom. The number of rotatable bonds is 7. The van der Waals surface area contributed by atoms with E-state index in [1.807, 2.05) is 26.0 Å². The molecule has 144 valence electrons. The Kier molecular flexibility index (Phi) is 5.46. The first-order valence-electron chi connectivity index (χ1n) is 9.02. The van der Waals surface area contributed by atoms with E-state index in [2.05, 4.69) is 10.3 Å². The predicted molar refractivity (Wildman–Crippen MR) is 104 cm³/mol. The van der Waals surface area contributed by atoms with Crippen LogP contribution in [-0.4, -0.2) is 30.3 Å². The van der Waals surface area contributed by atoms with E-state index in [0.29, 0.717) is 37.3 Å². The highest BCUT2D eigenvalue weighted by molar-refractivity contribution is 5.70. The fourth-order valence-electron chi connectivity index (χ4n) is 3.09. The van der Waals surface area contributed by atoms with Crippen LogP contribution in [0.1, 0.15) is 19.4 Å². The number of phenolic OH excluding ortho intramolecular Hbond substituents is 1. The number of benzene rings is 1. The van der Waals surface area contributed by atoms with Gasteiger partial charge in [-0.2, -0.15) is 0 Å².